The van der Waals surface area contributed by atoms with Gasteiger partial charge in [-0.1, -0.05) is 24.5 Å². The van der Waals surface area contributed by atoms with E-state index in [0.717, 1.165) is 18.5 Å². The van der Waals surface area contributed by atoms with Gasteiger partial charge in [-0.25, -0.2) is 4.68 Å². The minimum atomic E-state index is 0.235. The van der Waals surface area contributed by atoms with Crippen LogP contribution in [0.4, 0.5) is 0 Å². The summed E-state index contributed by atoms with van der Waals surface area (Å²) in [5.74, 6) is 0.521. The van der Waals surface area contributed by atoms with Crippen LogP contribution < -0.4 is 5.73 Å². The van der Waals surface area contributed by atoms with E-state index in [1.54, 1.807) is 10.9 Å². The molecule has 0 spiro atoms. The minimum absolute atomic E-state index is 0.235. The molecule has 0 radical (unpaired) electrons. The molecule has 0 atom stereocenters. The van der Waals surface area contributed by atoms with Crippen molar-refractivity contribution in [2.45, 2.75) is 45.2 Å². The van der Waals surface area contributed by atoms with Crippen LogP contribution in [0, 0.1) is 5.92 Å². The van der Waals surface area contributed by atoms with Crippen LogP contribution in [0.1, 0.15) is 37.8 Å². The fourth-order valence-electron chi connectivity index (χ4n) is 2.22. The van der Waals surface area contributed by atoms with Gasteiger partial charge >= 0.3 is 0 Å². The Morgan fingerprint density at radius 3 is 2.81 bits per heavy atom. The highest BCUT2D eigenvalue weighted by atomic mass is 16.1. The van der Waals surface area contributed by atoms with E-state index in [2.05, 4.69) is 10.3 Å². The summed E-state index contributed by atoms with van der Waals surface area (Å²) in [5, 5.41) is 7.76. The lowest BCUT2D eigenvalue weighted by Crippen LogP contribution is -2.22. The van der Waals surface area contributed by atoms with Gasteiger partial charge in [-0.3, -0.25) is 4.79 Å². The van der Waals surface area contributed by atoms with E-state index in [0.29, 0.717) is 13.1 Å². The Hall–Kier alpha value is -1.23. The topological polar surface area (TPSA) is 73.8 Å². The normalized spacial score (nSPS) is 17.6. The molecule has 1 fully saturated rings. The Morgan fingerprint density at radius 2 is 2.19 bits per heavy atom. The summed E-state index contributed by atoms with van der Waals surface area (Å²) in [5.41, 5.74) is 6.17. The van der Waals surface area contributed by atoms with Crippen molar-refractivity contribution in [1.82, 2.24) is 15.0 Å². The standard InChI is InChI=1S/C11H18N4O/c12-6-10-7-15(14-13-10)8-11(16)9-4-2-1-3-5-9/h7,9H,1-6,8,12H2. The molecular formula is C11H18N4O. The van der Waals surface area contributed by atoms with E-state index >= 15 is 0 Å². The minimum Gasteiger partial charge on any atom is -0.325 e. The first-order chi connectivity index (χ1) is 7.79. The molecule has 0 bridgehead atoms. The summed E-state index contributed by atoms with van der Waals surface area (Å²) < 4.78 is 1.60. The number of aromatic nitrogens is 3. The van der Waals surface area contributed by atoms with Crippen molar-refractivity contribution in [2.75, 3.05) is 0 Å². The molecule has 5 heteroatoms. The van der Waals surface area contributed by atoms with Crippen LogP contribution in [-0.4, -0.2) is 20.8 Å². The molecule has 1 aromatic rings. The number of nitrogens with two attached hydrogens (primary N) is 1. The highest BCUT2D eigenvalue weighted by Crippen LogP contribution is 2.24. The van der Waals surface area contributed by atoms with Gasteiger partial charge in [0, 0.05) is 12.5 Å². The second-order valence-electron chi connectivity index (χ2n) is 4.41. The number of hydrogen-bond acceptors (Lipinski definition) is 4. The Morgan fingerprint density at radius 1 is 1.44 bits per heavy atom. The average Bonchev–Trinajstić information content (AvgIpc) is 2.78. The molecule has 2 rings (SSSR count). The first-order valence-corrected chi connectivity index (χ1v) is 5.91. The average molecular weight is 222 g/mol. The maximum Gasteiger partial charge on any atom is 0.157 e. The molecule has 0 aromatic carbocycles. The summed E-state index contributed by atoms with van der Waals surface area (Å²) in [6.07, 6.45) is 7.46. The van der Waals surface area contributed by atoms with E-state index < -0.39 is 0 Å². The van der Waals surface area contributed by atoms with Crippen molar-refractivity contribution >= 4 is 5.78 Å². The molecule has 88 valence electrons. The van der Waals surface area contributed by atoms with Crippen LogP contribution in [0.15, 0.2) is 6.20 Å². The van der Waals surface area contributed by atoms with Gasteiger partial charge < -0.3 is 5.73 Å². The second kappa shape index (κ2) is 5.21. The molecular weight excluding hydrogens is 204 g/mol. The highest BCUT2D eigenvalue weighted by Gasteiger charge is 2.21. The fourth-order valence-corrected chi connectivity index (χ4v) is 2.22. The van der Waals surface area contributed by atoms with E-state index in [9.17, 15) is 4.79 Å². The van der Waals surface area contributed by atoms with E-state index in [1.807, 2.05) is 0 Å². The van der Waals surface area contributed by atoms with Crippen LogP contribution in [0.2, 0.25) is 0 Å². The number of carbonyl (C=O) groups excluding carboxylic acids is 1. The van der Waals surface area contributed by atoms with Crippen molar-refractivity contribution in [3.63, 3.8) is 0 Å². The molecule has 0 saturated heterocycles. The van der Waals surface area contributed by atoms with Gasteiger partial charge in [-0.2, -0.15) is 0 Å². The number of carbonyl (C=O) groups is 1. The predicted octanol–water partition coefficient (Wildman–Crippen LogP) is 0.886. The van der Waals surface area contributed by atoms with Gasteiger partial charge in [-0.15, -0.1) is 5.10 Å². The van der Waals surface area contributed by atoms with Gasteiger partial charge in [0.2, 0.25) is 0 Å². The zero-order valence-electron chi connectivity index (χ0n) is 9.43. The molecule has 1 aliphatic carbocycles. The predicted molar refractivity (Wildman–Crippen MR) is 59.5 cm³/mol. The third kappa shape index (κ3) is 2.66. The molecule has 2 N–H and O–H groups in total. The molecule has 5 nitrogen and oxygen atoms in total. The number of ketones is 1. The lowest BCUT2D eigenvalue weighted by molar-refractivity contribution is -0.124. The quantitative estimate of drug-likeness (QED) is 0.821. The van der Waals surface area contributed by atoms with E-state index in [4.69, 9.17) is 5.73 Å². The fraction of sp³-hybridized carbons (Fsp3) is 0.727. The molecule has 0 amide bonds. The van der Waals surface area contributed by atoms with E-state index in [-0.39, 0.29) is 11.7 Å². The van der Waals surface area contributed by atoms with Gasteiger partial charge in [0.1, 0.15) is 6.54 Å². The molecule has 0 unspecified atom stereocenters. The largest absolute Gasteiger partial charge is 0.325 e. The molecule has 1 aromatic heterocycles. The maximum atomic E-state index is 11.9. The van der Waals surface area contributed by atoms with Crippen LogP contribution in [0.5, 0.6) is 0 Å². The van der Waals surface area contributed by atoms with Gasteiger partial charge in [0.05, 0.1) is 11.9 Å². The Labute approximate surface area is 95.0 Å². The number of hydrogen-bond donors (Lipinski definition) is 1. The van der Waals surface area contributed by atoms with Crippen LogP contribution in [0.25, 0.3) is 0 Å². The van der Waals surface area contributed by atoms with Crippen molar-refractivity contribution in [3.05, 3.63) is 11.9 Å². The third-order valence-electron chi connectivity index (χ3n) is 3.17. The molecule has 1 heterocycles. The molecule has 1 saturated carbocycles. The number of rotatable bonds is 4. The number of nitrogens with zero attached hydrogens (tertiary/aromatic N) is 3. The second-order valence-corrected chi connectivity index (χ2v) is 4.41. The smallest absolute Gasteiger partial charge is 0.157 e. The summed E-state index contributed by atoms with van der Waals surface area (Å²) in [6, 6.07) is 0. The Balaban J connectivity index is 1.90. The molecule has 1 aliphatic rings. The summed E-state index contributed by atoms with van der Waals surface area (Å²) in [4.78, 5) is 11.9. The monoisotopic (exact) mass is 222 g/mol. The highest BCUT2D eigenvalue weighted by molar-refractivity contribution is 5.80. The van der Waals surface area contributed by atoms with Crippen molar-refractivity contribution in [1.29, 1.82) is 0 Å². The van der Waals surface area contributed by atoms with Crippen LogP contribution in [0.3, 0.4) is 0 Å². The Bertz CT molecular complexity index is 355. The van der Waals surface area contributed by atoms with Crippen molar-refractivity contribution in [3.8, 4) is 0 Å². The lowest BCUT2D eigenvalue weighted by Gasteiger charge is -2.19. The summed E-state index contributed by atoms with van der Waals surface area (Å²) >= 11 is 0. The Kier molecular flexibility index (Phi) is 3.66. The lowest BCUT2D eigenvalue weighted by atomic mass is 9.86. The first kappa shape index (κ1) is 11.3. The zero-order chi connectivity index (χ0) is 11.4. The van der Waals surface area contributed by atoms with Crippen LogP contribution >= 0.6 is 0 Å². The third-order valence-corrected chi connectivity index (χ3v) is 3.17. The van der Waals surface area contributed by atoms with Crippen LogP contribution in [-0.2, 0) is 17.9 Å². The van der Waals surface area contributed by atoms with Crippen molar-refractivity contribution < 1.29 is 4.79 Å². The van der Waals surface area contributed by atoms with Gasteiger partial charge in [0.25, 0.3) is 0 Å². The summed E-state index contributed by atoms with van der Waals surface area (Å²) in [7, 11) is 0. The number of Topliss-reactive ketones (excluding diaryl/α,β-unsaturated/α-hetero) is 1. The van der Waals surface area contributed by atoms with E-state index in [1.165, 1.54) is 19.3 Å². The first-order valence-electron chi connectivity index (χ1n) is 5.91. The maximum absolute atomic E-state index is 11.9. The zero-order valence-corrected chi connectivity index (χ0v) is 9.43. The summed E-state index contributed by atoms with van der Waals surface area (Å²) in [6.45, 7) is 0.718. The van der Waals surface area contributed by atoms with Gasteiger partial charge in [0.15, 0.2) is 5.78 Å². The van der Waals surface area contributed by atoms with Gasteiger partial charge in [-0.05, 0) is 12.8 Å². The molecule has 0 aliphatic heterocycles. The SMILES string of the molecule is NCc1cn(CC(=O)C2CCCCC2)nn1. The van der Waals surface area contributed by atoms with Crippen molar-refractivity contribution in [2.24, 2.45) is 11.7 Å². The molecule has 16 heavy (non-hydrogen) atoms.